The molecule has 152 valence electrons. The number of carbonyl (C=O) groups is 1. The lowest BCUT2D eigenvalue weighted by Crippen LogP contribution is -2.36. The Morgan fingerprint density at radius 1 is 1.23 bits per heavy atom. The molecule has 3 heterocycles. The first-order valence-corrected chi connectivity index (χ1v) is 11.6. The number of hydrogen-bond acceptors (Lipinski definition) is 6. The van der Waals surface area contributed by atoms with Crippen molar-refractivity contribution in [2.24, 2.45) is 0 Å². The molecule has 0 fully saturated rings. The fourth-order valence-corrected chi connectivity index (χ4v) is 5.43. The zero-order valence-electron chi connectivity index (χ0n) is 16.5. The summed E-state index contributed by atoms with van der Waals surface area (Å²) in [6.45, 7) is 3.46. The van der Waals surface area contributed by atoms with E-state index in [1.807, 2.05) is 29.2 Å². The third kappa shape index (κ3) is 3.93. The summed E-state index contributed by atoms with van der Waals surface area (Å²) >= 11 is 2.92. The average Bonchev–Trinajstić information content (AvgIpc) is 3.35. The maximum atomic E-state index is 12.8. The predicted molar refractivity (Wildman–Crippen MR) is 123 cm³/mol. The minimum Gasteiger partial charge on any atom is -0.358 e. The van der Waals surface area contributed by atoms with Crippen molar-refractivity contribution in [2.75, 3.05) is 17.6 Å². The molecule has 1 aliphatic rings. The molecule has 0 spiro atoms. The second-order valence-electron chi connectivity index (χ2n) is 7.35. The maximum Gasteiger partial charge on any atom is 0.233 e. The molecule has 0 radical (unpaired) electrons. The number of aromatic amines is 1. The van der Waals surface area contributed by atoms with Crippen LogP contribution < -0.4 is 5.32 Å². The van der Waals surface area contributed by atoms with Crippen LogP contribution in [-0.2, 0) is 17.8 Å². The summed E-state index contributed by atoms with van der Waals surface area (Å²) in [5.41, 5.74) is 5.82. The van der Waals surface area contributed by atoms with Crippen molar-refractivity contribution >= 4 is 50.7 Å². The van der Waals surface area contributed by atoms with Crippen LogP contribution in [0.3, 0.4) is 0 Å². The average molecular weight is 436 g/mol. The lowest BCUT2D eigenvalue weighted by Gasteiger charge is -2.27. The normalized spacial score (nSPS) is 13.4. The summed E-state index contributed by atoms with van der Waals surface area (Å²) in [6, 6.07) is 16.4. The maximum absolute atomic E-state index is 12.8. The van der Waals surface area contributed by atoms with E-state index in [0.29, 0.717) is 12.3 Å². The van der Waals surface area contributed by atoms with Crippen LogP contribution in [0, 0.1) is 6.92 Å². The Labute approximate surface area is 182 Å². The van der Waals surface area contributed by atoms with Gasteiger partial charge in [-0.3, -0.25) is 4.79 Å². The van der Waals surface area contributed by atoms with Crippen molar-refractivity contribution < 1.29 is 4.79 Å². The van der Waals surface area contributed by atoms with Crippen molar-refractivity contribution in [1.82, 2.24) is 20.1 Å². The topological polar surface area (TPSA) is 73.9 Å². The molecule has 0 atom stereocenters. The van der Waals surface area contributed by atoms with E-state index in [2.05, 4.69) is 51.7 Å². The van der Waals surface area contributed by atoms with Gasteiger partial charge in [-0.15, -0.1) is 10.2 Å². The number of fused-ring (bicyclic) bond motifs is 3. The highest BCUT2D eigenvalue weighted by molar-refractivity contribution is 8.01. The first kappa shape index (κ1) is 19.1. The molecule has 2 aromatic heterocycles. The lowest BCUT2D eigenvalue weighted by atomic mass is 10.0. The monoisotopic (exact) mass is 435 g/mol. The summed E-state index contributed by atoms with van der Waals surface area (Å²) in [7, 11) is 0. The van der Waals surface area contributed by atoms with Crippen LogP contribution in [0.4, 0.5) is 10.8 Å². The molecule has 2 aromatic carbocycles. The minimum atomic E-state index is 0.138. The van der Waals surface area contributed by atoms with Crippen LogP contribution in [0.25, 0.3) is 10.9 Å². The van der Waals surface area contributed by atoms with Crippen LogP contribution in [-0.4, -0.2) is 38.3 Å². The molecule has 2 N–H and O–H groups in total. The number of anilines is 2. The number of amides is 1. The van der Waals surface area contributed by atoms with Gasteiger partial charge in [-0.2, -0.15) is 0 Å². The Morgan fingerprint density at radius 3 is 3.03 bits per heavy atom. The van der Waals surface area contributed by atoms with Crippen molar-refractivity contribution in [1.29, 1.82) is 0 Å². The predicted octanol–water partition coefficient (Wildman–Crippen LogP) is 4.75. The van der Waals surface area contributed by atoms with Gasteiger partial charge in [-0.05, 0) is 30.7 Å². The SMILES string of the molecule is Cc1cccc(Nc2nnc(SCC(=O)N3CCc4[nH]c5ccccc5c4C3)s2)c1. The number of H-pyrrole nitrogens is 1. The number of carbonyl (C=O) groups excluding carboxylic acids is 1. The first-order valence-electron chi connectivity index (χ1n) is 9.82. The summed E-state index contributed by atoms with van der Waals surface area (Å²) < 4.78 is 0.795. The fraction of sp³-hybridized carbons (Fsp3) is 0.227. The van der Waals surface area contributed by atoms with E-state index in [0.717, 1.165) is 33.6 Å². The van der Waals surface area contributed by atoms with Gasteiger partial charge in [0.05, 0.1) is 5.75 Å². The van der Waals surface area contributed by atoms with Gasteiger partial charge < -0.3 is 15.2 Å². The first-order chi connectivity index (χ1) is 14.7. The summed E-state index contributed by atoms with van der Waals surface area (Å²) in [6.07, 6.45) is 0.865. The summed E-state index contributed by atoms with van der Waals surface area (Å²) in [5, 5.41) is 13.6. The molecule has 0 bridgehead atoms. The molecular formula is C22H21N5OS2. The van der Waals surface area contributed by atoms with Gasteiger partial charge in [0.1, 0.15) is 0 Å². The zero-order valence-corrected chi connectivity index (χ0v) is 18.1. The Morgan fingerprint density at radius 2 is 2.13 bits per heavy atom. The number of rotatable bonds is 5. The lowest BCUT2D eigenvalue weighted by molar-refractivity contribution is -0.129. The van der Waals surface area contributed by atoms with Crippen LogP contribution in [0.5, 0.6) is 0 Å². The number of aromatic nitrogens is 3. The van der Waals surface area contributed by atoms with Crippen LogP contribution in [0.1, 0.15) is 16.8 Å². The van der Waals surface area contributed by atoms with Crippen LogP contribution >= 0.6 is 23.1 Å². The quantitative estimate of drug-likeness (QED) is 0.443. The van der Waals surface area contributed by atoms with E-state index in [-0.39, 0.29) is 5.91 Å². The van der Waals surface area contributed by atoms with E-state index in [9.17, 15) is 4.79 Å². The molecule has 0 saturated heterocycles. The Bertz CT molecular complexity index is 1220. The molecular weight excluding hydrogens is 414 g/mol. The highest BCUT2D eigenvalue weighted by atomic mass is 32.2. The van der Waals surface area contributed by atoms with Gasteiger partial charge in [-0.25, -0.2) is 0 Å². The van der Waals surface area contributed by atoms with Gasteiger partial charge in [0.15, 0.2) is 4.34 Å². The van der Waals surface area contributed by atoms with E-state index < -0.39 is 0 Å². The Kier molecular flexibility index (Phi) is 5.18. The van der Waals surface area contributed by atoms with Crippen LogP contribution in [0.15, 0.2) is 52.9 Å². The van der Waals surface area contributed by atoms with E-state index in [4.69, 9.17) is 0 Å². The second kappa shape index (κ2) is 8.12. The number of para-hydroxylation sites is 1. The molecule has 0 unspecified atom stereocenters. The number of hydrogen-bond donors (Lipinski definition) is 2. The molecule has 0 saturated carbocycles. The third-order valence-corrected chi connectivity index (χ3v) is 7.19. The minimum absolute atomic E-state index is 0.138. The highest BCUT2D eigenvalue weighted by Gasteiger charge is 2.24. The van der Waals surface area contributed by atoms with Gasteiger partial charge in [0.2, 0.25) is 11.0 Å². The summed E-state index contributed by atoms with van der Waals surface area (Å²) in [5.74, 6) is 0.510. The molecule has 5 rings (SSSR count). The van der Waals surface area contributed by atoms with E-state index in [1.165, 1.54) is 45.3 Å². The molecule has 30 heavy (non-hydrogen) atoms. The van der Waals surface area contributed by atoms with Gasteiger partial charge >= 0.3 is 0 Å². The van der Waals surface area contributed by atoms with E-state index >= 15 is 0 Å². The van der Waals surface area contributed by atoms with Crippen molar-refractivity contribution in [3.63, 3.8) is 0 Å². The fourth-order valence-electron chi connectivity index (χ4n) is 3.76. The van der Waals surface area contributed by atoms with Gasteiger partial charge in [0, 0.05) is 47.4 Å². The number of thioether (sulfide) groups is 1. The molecule has 0 aliphatic carbocycles. The van der Waals surface area contributed by atoms with Crippen molar-refractivity contribution in [2.45, 2.75) is 24.2 Å². The molecule has 6 nitrogen and oxygen atoms in total. The van der Waals surface area contributed by atoms with Gasteiger partial charge in [-0.1, -0.05) is 53.4 Å². The number of benzene rings is 2. The number of aryl methyl sites for hydroxylation is 1. The van der Waals surface area contributed by atoms with Crippen molar-refractivity contribution in [3.8, 4) is 0 Å². The Balaban J connectivity index is 1.20. The smallest absolute Gasteiger partial charge is 0.233 e. The standard InChI is InChI=1S/C22H21N5OS2/c1-14-5-4-6-15(11-14)23-21-25-26-22(30-21)29-13-20(28)27-10-9-19-17(12-27)16-7-2-3-8-18(16)24-19/h2-8,11,24H,9-10,12-13H2,1H3,(H,23,25). The van der Waals surface area contributed by atoms with Crippen molar-refractivity contribution in [3.05, 3.63) is 65.4 Å². The molecule has 1 aliphatic heterocycles. The van der Waals surface area contributed by atoms with Gasteiger partial charge in [0.25, 0.3) is 0 Å². The number of nitrogens with one attached hydrogen (secondary N) is 2. The highest BCUT2D eigenvalue weighted by Crippen LogP contribution is 2.30. The molecule has 4 aromatic rings. The zero-order chi connectivity index (χ0) is 20.5. The molecule has 8 heteroatoms. The third-order valence-electron chi connectivity index (χ3n) is 5.23. The summed E-state index contributed by atoms with van der Waals surface area (Å²) in [4.78, 5) is 18.2. The second-order valence-corrected chi connectivity index (χ2v) is 9.55. The van der Waals surface area contributed by atoms with E-state index in [1.54, 1.807) is 0 Å². The molecule has 1 amide bonds. The largest absolute Gasteiger partial charge is 0.358 e. The Hall–Kier alpha value is -2.84. The van der Waals surface area contributed by atoms with Crippen LogP contribution in [0.2, 0.25) is 0 Å². The number of nitrogens with zero attached hydrogens (tertiary/aromatic N) is 3.